The molecule has 1 unspecified atom stereocenters. The molecule has 2 saturated carbocycles. The summed E-state index contributed by atoms with van der Waals surface area (Å²) < 4.78 is 0. The predicted octanol–water partition coefficient (Wildman–Crippen LogP) is 7.31. The molecule has 1 heteroatoms. The largest absolute Gasteiger partial charge is 0.393 e. The standard InChI is InChI=1S/C27H44O/c1-18(2)7-6-8-19(3)23-11-12-24-22-10-9-20-17-21(28)13-15-26(20,4)25(22)14-16-27(23,24)5/h11,14,18-22,24,28H,6-10,12-13,15-17H2,1-5H3/t19-,20?,21-,22+,24+,26+,27-/m1/s1. The van der Waals surface area contributed by atoms with E-state index in [0.717, 1.165) is 36.5 Å². The van der Waals surface area contributed by atoms with E-state index in [2.05, 4.69) is 46.8 Å². The van der Waals surface area contributed by atoms with Gasteiger partial charge in [0.15, 0.2) is 0 Å². The van der Waals surface area contributed by atoms with Crippen molar-refractivity contribution in [3.63, 3.8) is 0 Å². The molecule has 0 amide bonds. The average molecular weight is 385 g/mol. The van der Waals surface area contributed by atoms with Gasteiger partial charge in [-0.2, -0.15) is 0 Å². The van der Waals surface area contributed by atoms with Crippen LogP contribution < -0.4 is 0 Å². The minimum absolute atomic E-state index is 0.0458. The van der Waals surface area contributed by atoms with E-state index in [1.54, 1.807) is 11.1 Å². The second-order valence-corrected chi connectivity index (χ2v) is 11.7. The highest BCUT2D eigenvalue weighted by molar-refractivity contribution is 5.35. The van der Waals surface area contributed by atoms with Crippen molar-refractivity contribution < 1.29 is 5.11 Å². The van der Waals surface area contributed by atoms with E-state index in [1.165, 1.54) is 51.4 Å². The van der Waals surface area contributed by atoms with Crippen molar-refractivity contribution in [3.8, 4) is 0 Å². The normalized spacial score (nSPS) is 43.7. The molecular formula is C27H44O. The van der Waals surface area contributed by atoms with Gasteiger partial charge in [0.25, 0.3) is 0 Å². The van der Waals surface area contributed by atoms with Gasteiger partial charge in [-0.3, -0.25) is 0 Å². The third-order valence-corrected chi connectivity index (χ3v) is 9.59. The molecule has 0 heterocycles. The van der Waals surface area contributed by atoms with Gasteiger partial charge in [-0.25, -0.2) is 0 Å². The summed E-state index contributed by atoms with van der Waals surface area (Å²) in [6, 6.07) is 0. The summed E-state index contributed by atoms with van der Waals surface area (Å²) in [5.41, 5.74) is 4.38. The number of allylic oxidation sites excluding steroid dienone is 4. The van der Waals surface area contributed by atoms with Crippen LogP contribution in [-0.2, 0) is 0 Å². The van der Waals surface area contributed by atoms with Gasteiger partial charge < -0.3 is 5.11 Å². The number of hydrogen-bond donors (Lipinski definition) is 1. The highest BCUT2D eigenvalue weighted by atomic mass is 16.3. The van der Waals surface area contributed by atoms with Gasteiger partial charge in [-0.15, -0.1) is 0 Å². The molecule has 1 N–H and O–H groups in total. The first-order chi connectivity index (χ1) is 13.3. The van der Waals surface area contributed by atoms with Gasteiger partial charge in [-0.05, 0) is 91.8 Å². The fourth-order valence-corrected chi connectivity index (χ4v) is 7.87. The van der Waals surface area contributed by atoms with E-state index in [-0.39, 0.29) is 6.10 Å². The third-order valence-electron chi connectivity index (χ3n) is 9.59. The maximum Gasteiger partial charge on any atom is 0.0543 e. The molecule has 28 heavy (non-hydrogen) atoms. The summed E-state index contributed by atoms with van der Waals surface area (Å²) in [5.74, 6) is 3.93. The highest BCUT2D eigenvalue weighted by Crippen LogP contribution is 2.65. The van der Waals surface area contributed by atoms with Gasteiger partial charge in [-0.1, -0.05) is 70.8 Å². The molecule has 2 fully saturated rings. The van der Waals surface area contributed by atoms with Gasteiger partial charge in [0.05, 0.1) is 6.10 Å². The Bertz CT molecular complexity index is 643. The molecule has 158 valence electrons. The number of aliphatic hydroxyl groups excluding tert-OH is 1. The van der Waals surface area contributed by atoms with Crippen LogP contribution in [0.2, 0.25) is 0 Å². The number of hydrogen-bond acceptors (Lipinski definition) is 1. The molecule has 0 saturated heterocycles. The Balaban J connectivity index is 1.52. The van der Waals surface area contributed by atoms with Crippen LogP contribution in [0.15, 0.2) is 23.3 Å². The molecular weight excluding hydrogens is 340 g/mol. The van der Waals surface area contributed by atoms with Gasteiger partial charge in [0, 0.05) is 0 Å². The van der Waals surface area contributed by atoms with Crippen molar-refractivity contribution in [2.75, 3.05) is 0 Å². The van der Waals surface area contributed by atoms with Crippen molar-refractivity contribution in [3.05, 3.63) is 23.3 Å². The lowest BCUT2D eigenvalue weighted by Crippen LogP contribution is -2.48. The van der Waals surface area contributed by atoms with E-state index in [0.29, 0.717) is 16.7 Å². The van der Waals surface area contributed by atoms with Crippen LogP contribution in [0.1, 0.15) is 98.8 Å². The number of fused-ring (bicyclic) bond motifs is 5. The van der Waals surface area contributed by atoms with Crippen LogP contribution >= 0.6 is 0 Å². The Morgan fingerprint density at radius 1 is 1.04 bits per heavy atom. The van der Waals surface area contributed by atoms with Crippen LogP contribution in [0, 0.1) is 40.4 Å². The Kier molecular flexibility index (Phi) is 5.62. The number of rotatable bonds is 5. The second-order valence-electron chi connectivity index (χ2n) is 11.7. The lowest BCUT2D eigenvalue weighted by Gasteiger charge is -2.56. The fourth-order valence-electron chi connectivity index (χ4n) is 7.87. The van der Waals surface area contributed by atoms with E-state index in [4.69, 9.17) is 0 Å². The monoisotopic (exact) mass is 384 g/mol. The summed E-state index contributed by atoms with van der Waals surface area (Å²) in [5, 5.41) is 10.2. The van der Waals surface area contributed by atoms with Crippen LogP contribution in [-0.4, -0.2) is 11.2 Å². The first-order valence-corrected chi connectivity index (χ1v) is 12.3. The van der Waals surface area contributed by atoms with Crippen LogP contribution in [0.4, 0.5) is 0 Å². The predicted molar refractivity (Wildman–Crippen MR) is 119 cm³/mol. The Morgan fingerprint density at radius 3 is 2.57 bits per heavy atom. The highest BCUT2D eigenvalue weighted by Gasteiger charge is 2.55. The summed E-state index contributed by atoms with van der Waals surface area (Å²) in [7, 11) is 0. The van der Waals surface area contributed by atoms with E-state index in [1.807, 2.05) is 0 Å². The lowest BCUT2D eigenvalue weighted by atomic mass is 9.48. The zero-order chi connectivity index (χ0) is 20.1. The fraction of sp³-hybridized carbons (Fsp3) is 0.852. The zero-order valence-corrected chi connectivity index (χ0v) is 19.1. The summed E-state index contributed by atoms with van der Waals surface area (Å²) >= 11 is 0. The molecule has 0 aromatic carbocycles. The zero-order valence-electron chi connectivity index (χ0n) is 19.1. The number of aliphatic hydroxyl groups is 1. The first kappa shape index (κ1) is 20.7. The van der Waals surface area contributed by atoms with Crippen molar-refractivity contribution >= 4 is 0 Å². The molecule has 4 rings (SSSR count). The van der Waals surface area contributed by atoms with E-state index >= 15 is 0 Å². The minimum Gasteiger partial charge on any atom is -0.393 e. The first-order valence-electron chi connectivity index (χ1n) is 12.3. The quantitative estimate of drug-likeness (QED) is 0.493. The Labute approximate surface area is 174 Å². The summed E-state index contributed by atoms with van der Waals surface area (Å²) in [6.45, 7) is 12.3. The van der Waals surface area contributed by atoms with Crippen LogP contribution in [0.5, 0.6) is 0 Å². The maximum absolute atomic E-state index is 10.2. The van der Waals surface area contributed by atoms with E-state index < -0.39 is 0 Å². The van der Waals surface area contributed by atoms with Gasteiger partial charge in [0.1, 0.15) is 0 Å². The molecule has 0 bridgehead atoms. The third kappa shape index (κ3) is 3.34. The lowest BCUT2D eigenvalue weighted by molar-refractivity contribution is -0.00610. The molecule has 4 aliphatic carbocycles. The molecule has 0 aliphatic heterocycles. The molecule has 4 aliphatic rings. The van der Waals surface area contributed by atoms with Crippen molar-refractivity contribution in [1.82, 2.24) is 0 Å². The summed E-state index contributed by atoms with van der Waals surface area (Å²) in [6.07, 6.45) is 18.0. The molecule has 0 aromatic heterocycles. The van der Waals surface area contributed by atoms with Crippen molar-refractivity contribution in [1.29, 1.82) is 0 Å². The molecule has 0 radical (unpaired) electrons. The minimum atomic E-state index is -0.0458. The molecule has 0 spiro atoms. The van der Waals surface area contributed by atoms with Crippen molar-refractivity contribution in [2.45, 2.75) is 105 Å². The molecule has 1 nitrogen and oxygen atoms in total. The Hall–Kier alpha value is -0.560. The Morgan fingerprint density at radius 2 is 1.82 bits per heavy atom. The topological polar surface area (TPSA) is 20.2 Å². The van der Waals surface area contributed by atoms with Crippen molar-refractivity contribution in [2.24, 2.45) is 40.4 Å². The van der Waals surface area contributed by atoms with Crippen LogP contribution in [0.25, 0.3) is 0 Å². The van der Waals surface area contributed by atoms with Crippen LogP contribution in [0.3, 0.4) is 0 Å². The molecule has 0 aromatic rings. The maximum atomic E-state index is 10.2. The second kappa shape index (κ2) is 7.60. The SMILES string of the molecule is CC(C)CCC[C@@H](C)C1=CC[C@H]2[C@@H]3CCC4C[C@H](O)CC[C@]4(C)C3=CC[C@]12C. The van der Waals surface area contributed by atoms with Gasteiger partial charge in [0.2, 0.25) is 0 Å². The summed E-state index contributed by atoms with van der Waals surface area (Å²) in [4.78, 5) is 0. The molecule has 7 atom stereocenters. The van der Waals surface area contributed by atoms with E-state index in [9.17, 15) is 5.11 Å². The smallest absolute Gasteiger partial charge is 0.0543 e. The average Bonchev–Trinajstić information content (AvgIpc) is 2.99. The van der Waals surface area contributed by atoms with Gasteiger partial charge >= 0.3 is 0 Å².